The van der Waals surface area contributed by atoms with E-state index in [0.717, 1.165) is 70.4 Å². The molecule has 3 aromatic rings. The van der Waals surface area contributed by atoms with Crippen molar-refractivity contribution in [1.82, 2.24) is 19.9 Å². The molecule has 2 aromatic carbocycles. The lowest BCUT2D eigenvalue weighted by Crippen LogP contribution is -2.49. The molecule has 0 bridgehead atoms. The number of benzene rings is 2. The molecule has 0 radical (unpaired) electrons. The lowest BCUT2D eigenvalue weighted by Gasteiger charge is -2.33. The molecule has 0 saturated carbocycles. The zero-order chi connectivity index (χ0) is 27.0. The second kappa shape index (κ2) is 12.9. The van der Waals surface area contributed by atoms with Crippen LogP contribution in [0.1, 0.15) is 27.4 Å². The monoisotopic (exact) mass is 533 g/mol. The molecule has 2 aliphatic heterocycles. The third-order valence-electron chi connectivity index (χ3n) is 7.03. The summed E-state index contributed by atoms with van der Waals surface area (Å²) in [5.41, 5.74) is 3.28. The van der Waals surface area contributed by atoms with E-state index in [1.165, 1.54) is 5.56 Å². The van der Waals surface area contributed by atoms with Crippen LogP contribution in [0.2, 0.25) is 0 Å². The number of carbonyl (C=O) groups excluding carboxylic acids is 2. The SMILES string of the molecule is Cc1cc(CCN2CCN(C(=O)Oc3ccc(NC(=O)c4ccc(CN5CCOCC5)cc4)cc3)CC2)on1. The third kappa shape index (κ3) is 7.66. The number of anilines is 1. The van der Waals surface area contributed by atoms with Gasteiger partial charge < -0.3 is 24.2 Å². The fraction of sp³-hybridized carbons (Fsp3) is 0.414. The van der Waals surface area contributed by atoms with E-state index in [1.807, 2.05) is 37.3 Å². The van der Waals surface area contributed by atoms with Gasteiger partial charge in [0.2, 0.25) is 0 Å². The molecule has 2 amide bonds. The van der Waals surface area contributed by atoms with Crippen molar-refractivity contribution in [3.05, 3.63) is 77.2 Å². The van der Waals surface area contributed by atoms with Crippen LogP contribution < -0.4 is 10.1 Å². The molecule has 39 heavy (non-hydrogen) atoms. The number of piperazine rings is 1. The molecular formula is C29H35N5O5. The predicted octanol–water partition coefficient (Wildman–Crippen LogP) is 3.43. The maximum atomic E-state index is 12.7. The first-order valence-electron chi connectivity index (χ1n) is 13.4. The summed E-state index contributed by atoms with van der Waals surface area (Å²) >= 11 is 0. The summed E-state index contributed by atoms with van der Waals surface area (Å²) < 4.78 is 16.2. The maximum absolute atomic E-state index is 12.7. The first-order chi connectivity index (χ1) is 19.0. The summed E-state index contributed by atoms with van der Waals surface area (Å²) in [6.07, 6.45) is 0.434. The molecule has 5 rings (SSSR count). The van der Waals surface area contributed by atoms with Gasteiger partial charge in [0.1, 0.15) is 11.5 Å². The van der Waals surface area contributed by atoms with Gasteiger partial charge in [-0.3, -0.25) is 14.6 Å². The standard InChI is InChI=1S/C29H35N5O5/c1-22-20-27(39-31-22)10-11-32-12-14-34(15-13-32)29(36)38-26-8-6-25(7-9-26)30-28(35)24-4-2-23(3-5-24)21-33-16-18-37-19-17-33/h2-9,20H,10-19,21H2,1H3,(H,30,35). The van der Waals surface area contributed by atoms with Gasteiger partial charge in [-0.05, 0) is 48.9 Å². The topological polar surface area (TPSA) is 100 Å². The van der Waals surface area contributed by atoms with Crippen molar-refractivity contribution in [3.63, 3.8) is 0 Å². The fourth-order valence-electron chi connectivity index (χ4n) is 4.71. The van der Waals surface area contributed by atoms with Crippen molar-refractivity contribution in [2.45, 2.75) is 19.9 Å². The molecule has 2 aliphatic rings. The fourth-order valence-corrected chi connectivity index (χ4v) is 4.71. The van der Waals surface area contributed by atoms with E-state index in [1.54, 1.807) is 29.2 Å². The number of aromatic nitrogens is 1. The minimum atomic E-state index is -0.366. The number of nitrogens with one attached hydrogen (secondary N) is 1. The number of hydrogen-bond acceptors (Lipinski definition) is 8. The summed E-state index contributed by atoms with van der Waals surface area (Å²) in [5.74, 6) is 1.13. The predicted molar refractivity (Wildman–Crippen MR) is 146 cm³/mol. The number of rotatable bonds is 8. The summed E-state index contributed by atoms with van der Waals surface area (Å²) in [4.78, 5) is 31.7. The molecule has 206 valence electrons. The van der Waals surface area contributed by atoms with Crippen LogP contribution in [0.3, 0.4) is 0 Å². The van der Waals surface area contributed by atoms with Gasteiger partial charge in [0, 0.05) is 76.1 Å². The van der Waals surface area contributed by atoms with Crippen LogP contribution in [0, 0.1) is 6.92 Å². The van der Waals surface area contributed by atoms with Crippen LogP contribution in [0.4, 0.5) is 10.5 Å². The van der Waals surface area contributed by atoms with E-state index in [0.29, 0.717) is 30.1 Å². The van der Waals surface area contributed by atoms with Crippen LogP contribution in [0.25, 0.3) is 0 Å². The highest BCUT2D eigenvalue weighted by atomic mass is 16.6. The molecule has 0 spiro atoms. The highest BCUT2D eigenvalue weighted by Crippen LogP contribution is 2.19. The maximum Gasteiger partial charge on any atom is 0.415 e. The van der Waals surface area contributed by atoms with Crippen molar-refractivity contribution < 1.29 is 23.6 Å². The summed E-state index contributed by atoms with van der Waals surface area (Å²) in [6, 6.07) is 16.5. The summed E-state index contributed by atoms with van der Waals surface area (Å²) in [6.45, 7) is 9.78. The zero-order valence-corrected chi connectivity index (χ0v) is 22.3. The van der Waals surface area contributed by atoms with E-state index < -0.39 is 0 Å². The number of nitrogens with zero attached hydrogens (tertiary/aromatic N) is 4. The van der Waals surface area contributed by atoms with Crippen LogP contribution in [-0.4, -0.2) is 90.9 Å². The first kappa shape index (κ1) is 26.9. The van der Waals surface area contributed by atoms with Crippen molar-refractivity contribution in [2.24, 2.45) is 0 Å². The van der Waals surface area contributed by atoms with Gasteiger partial charge in [-0.2, -0.15) is 0 Å². The van der Waals surface area contributed by atoms with Crippen molar-refractivity contribution in [3.8, 4) is 5.75 Å². The Morgan fingerprint density at radius 1 is 0.923 bits per heavy atom. The number of hydrogen-bond donors (Lipinski definition) is 1. The van der Waals surface area contributed by atoms with Crippen molar-refractivity contribution in [1.29, 1.82) is 0 Å². The van der Waals surface area contributed by atoms with Gasteiger partial charge in [0.15, 0.2) is 0 Å². The lowest BCUT2D eigenvalue weighted by molar-refractivity contribution is 0.0342. The van der Waals surface area contributed by atoms with Gasteiger partial charge in [0.25, 0.3) is 5.91 Å². The highest BCUT2D eigenvalue weighted by molar-refractivity contribution is 6.04. The average molecular weight is 534 g/mol. The van der Waals surface area contributed by atoms with E-state index in [2.05, 4.69) is 20.3 Å². The van der Waals surface area contributed by atoms with E-state index >= 15 is 0 Å². The first-order valence-corrected chi connectivity index (χ1v) is 13.4. The minimum absolute atomic E-state index is 0.186. The molecule has 2 fully saturated rings. The Hall–Kier alpha value is -3.73. The van der Waals surface area contributed by atoms with Crippen molar-refractivity contribution >= 4 is 17.7 Å². The molecule has 1 aromatic heterocycles. The van der Waals surface area contributed by atoms with Crippen LogP contribution in [0.5, 0.6) is 5.75 Å². The Morgan fingerprint density at radius 3 is 2.31 bits per heavy atom. The minimum Gasteiger partial charge on any atom is -0.410 e. The Kier molecular flexibility index (Phi) is 8.87. The Bertz CT molecular complexity index is 1230. The van der Waals surface area contributed by atoms with E-state index in [9.17, 15) is 9.59 Å². The molecule has 0 unspecified atom stereocenters. The smallest absolute Gasteiger partial charge is 0.410 e. The molecule has 2 saturated heterocycles. The van der Waals surface area contributed by atoms with Crippen molar-refractivity contribution in [2.75, 3.05) is 64.3 Å². The molecule has 1 N–H and O–H groups in total. The molecule has 0 aliphatic carbocycles. The average Bonchev–Trinajstić information content (AvgIpc) is 3.39. The number of ether oxygens (including phenoxy) is 2. The van der Waals surface area contributed by atoms with Crippen LogP contribution >= 0.6 is 0 Å². The van der Waals surface area contributed by atoms with Gasteiger partial charge in [-0.1, -0.05) is 17.3 Å². The van der Waals surface area contributed by atoms with E-state index in [4.69, 9.17) is 14.0 Å². The Labute approximate surface area is 228 Å². The largest absolute Gasteiger partial charge is 0.415 e. The second-order valence-electron chi connectivity index (χ2n) is 9.95. The summed E-state index contributed by atoms with van der Waals surface area (Å²) in [5, 5.41) is 6.82. The van der Waals surface area contributed by atoms with Gasteiger partial charge in [-0.15, -0.1) is 0 Å². The summed E-state index contributed by atoms with van der Waals surface area (Å²) in [7, 11) is 0. The normalized spacial score (nSPS) is 16.7. The molecule has 10 heteroatoms. The van der Waals surface area contributed by atoms with E-state index in [-0.39, 0.29) is 12.0 Å². The van der Waals surface area contributed by atoms with Crippen LogP contribution in [-0.2, 0) is 17.7 Å². The molecular weight excluding hydrogens is 498 g/mol. The third-order valence-corrected chi connectivity index (χ3v) is 7.03. The molecule has 3 heterocycles. The Morgan fingerprint density at radius 2 is 1.64 bits per heavy atom. The second-order valence-corrected chi connectivity index (χ2v) is 9.95. The quantitative estimate of drug-likeness (QED) is 0.470. The van der Waals surface area contributed by atoms with Gasteiger partial charge in [0.05, 0.1) is 18.9 Å². The number of morpholine rings is 1. The Balaban J connectivity index is 1.04. The van der Waals surface area contributed by atoms with Gasteiger partial charge >= 0.3 is 6.09 Å². The van der Waals surface area contributed by atoms with Crippen LogP contribution in [0.15, 0.2) is 59.1 Å². The zero-order valence-electron chi connectivity index (χ0n) is 22.3. The highest BCUT2D eigenvalue weighted by Gasteiger charge is 2.23. The number of carbonyl (C=O) groups is 2. The number of aryl methyl sites for hydroxylation is 1. The molecule has 0 atom stereocenters. The lowest BCUT2D eigenvalue weighted by atomic mass is 10.1. The number of amides is 2. The molecule has 10 nitrogen and oxygen atoms in total. The van der Waals surface area contributed by atoms with Gasteiger partial charge in [-0.25, -0.2) is 4.79 Å².